The SMILES string of the molecule is CC[C@H](C)[C@H](NN(CC=O)C(=O)OC(C)(C)C)C(=O)N[C@@H](Cc1ccccc1)[C@H](O)CN(CC(C)C)S(=O)(=O)c1ccc(C=NO)cc1. The first kappa shape index (κ1) is 40.3. The summed E-state index contributed by atoms with van der Waals surface area (Å²) in [5.41, 5.74) is 3.31. The highest BCUT2D eigenvalue weighted by Gasteiger charge is 2.35. The lowest BCUT2D eigenvalue weighted by molar-refractivity contribution is -0.128. The number of rotatable bonds is 18. The quantitative estimate of drug-likeness (QED) is 0.0788. The molecule has 0 spiro atoms. The van der Waals surface area contributed by atoms with Gasteiger partial charge in [-0.3, -0.25) is 4.79 Å². The van der Waals surface area contributed by atoms with Gasteiger partial charge in [0.1, 0.15) is 17.9 Å². The molecule has 0 aromatic heterocycles. The van der Waals surface area contributed by atoms with Gasteiger partial charge in [-0.25, -0.2) is 23.6 Å². The minimum atomic E-state index is -4.09. The van der Waals surface area contributed by atoms with Crippen LogP contribution < -0.4 is 10.7 Å². The second-order valence-corrected chi connectivity index (χ2v) is 15.1. The van der Waals surface area contributed by atoms with Crippen LogP contribution in [0.1, 0.15) is 66.0 Å². The second kappa shape index (κ2) is 18.6. The van der Waals surface area contributed by atoms with Crippen molar-refractivity contribution < 1.29 is 37.9 Å². The van der Waals surface area contributed by atoms with Crippen LogP contribution >= 0.6 is 0 Å². The van der Waals surface area contributed by atoms with Crippen molar-refractivity contribution in [3.8, 4) is 0 Å². The number of aldehydes is 1. The number of carbonyl (C=O) groups excluding carboxylic acids is 3. The number of sulfonamides is 1. The molecule has 2 aromatic carbocycles. The minimum Gasteiger partial charge on any atom is -0.443 e. The van der Waals surface area contributed by atoms with Gasteiger partial charge in [0.25, 0.3) is 0 Å². The molecule has 0 aliphatic heterocycles. The monoisotopic (exact) mass is 689 g/mol. The Morgan fingerprint density at radius 3 is 2.17 bits per heavy atom. The second-order valence-electron chi connectivity index (χ2n) is 13.2. The van der Waals surface area contributed by atoms with Gasteiger partial charge in [-0.05, 0) is 62.3 Å². The van der Waals surface area contributed by atoms with E-state index in [0.717, 1.165) is 10.6 Å². The number of hydrazine groups is 1. The Kier molecular flexibility index (Phi) is 15.7. The molecule has 2 rings (SSSR count). The summed E-state index contributed by atoms with van der Waals surface area (Å²) in [5.74, 6) is -0.971. The summed E-state index contributed by atoms with van der Waals surface area (Å²) in [6.45, 7) is 11.8. The fraction of sp³-hybridized carbons (Fsp3) is 0.529. The average molecular weight is 690 g/mol. The molecule has 0 saturated carbocycles. The predicted molar refractivity (Wildman–Crippen MR) is 183 cm³/mol. The number of aliphatic hydroxyl groups is 1. The van der Waals surface area contributed by atoms with Crippen LogP contribution in [-0.4, -0.2) is 96.0 Å². The molecule has 0 radical (unpaired) electrons. The lowest BCUT2D eigenvalue weighted by Crippen LogP contribution is -2.60. The zero-order valence-corrected chi connectivity index (χ0v) is 29.7. The molecule has 266 valence electrons. The molecule has 0 bridgehead atoms. The van der Waals surface area contributed by atoms with Crippen molar-refractivity contribution in [2.24, 2.45) is 17.0 Å². The van der Waals surface area contributed by atoms with Gasteiger partial charge in [-0.2, -0.15) is 4.31 Å². The summed E-state index contributed by atoms with van der Waals surface area (Å²) in [5, 5.41) is 27.3. The molecule has 0 fully saturated rings. The molecular formula is C34H51N5O8S. The van der Waals surface area contributed by atoms with Gasteiger partial charge >= 0.3 is 6.09 Å². The largest absolute Gasteiger partial charge is 0.443 e. The Bertz CT molecular complexity index is 1450. The van der Waals surface area contributed by atoms with Crippen LogP contribution in [0.25, 0.3) is 0 Å². The molecule has 4 N–H and O–H groups in total. The van der Waals surface area contributed by atoms with Crippen LogP contribution in [-0.2, 0) is 30.8 Å². The smallest absolute Gasteiger partial charge is 0.425 e. The van der Waals surface area contributed by atoms with E-state index >= 15 is 0 Å². The van der Waals surface area contributed by atoms with E-state index in [1.165, 1.54) is 34.8 Å². The Hall–Kier alpha value is -3.85. The van der Waals surface area contributed by atoms with Crippen molar-refractivity contribution in [1.29, 1.82) is 0 Å². The summed E-state index contributed by atoms with van der Waals surface area (Å²) in [4.78, 5) is 38.3. The van der Waals surface area contributed by atoms with Crippen LogP contribution in [0.2, 0.25) is 0 Å². The van der Waals surface area contributed by atoms with E-state index < -0.39 is 45.8 Å². The van der Waals surface area contributed by atoms with E-state index in [9.17, 15) is 27.9 Å². The molecule has 4 atom stereocenters. The Balaban J connectivity index is 2.44. The normalized spacial score (nSPS) is 14.8. The van der Waals surface area contributed by atoms with Gasteiger partial charge in [-0.1, -0.05) is 81.7 Å². The molecule has 0 aliphatic rings. The minimum absolute atomic E-state index is 0.00692. The van der Waals surface area contributed by atoms with Crippen molar-refractivity contribution in [2.75, 3.05) is 19.6 Å². The van der Waals surface area contributed by atoms with E-state index in [1.54, 1.807) is 20.8 Å². The molecule has 13 nitrogen and oxygen atoms in total. The molecule has 2 aromatic rings. The number of nitrogens with zero attached hydrogens (tertiary/aromatic N) is 3. The summed E-state index contributed by atoms with van der Waals surface area (Å²) in [6, 6.07) is 13.0. The number of aliphatic hydroxyl groups excluding tert-OH is 1. The zero-order chi connectivity index (χ0) is 36.1. The first-order valence-electron chi connectivity index (χ1n) is 16.0. The lowest BCUT2D eigenvalue weighted by Gasteiger charge is -2.34. The van der Waals surface area contributed by atoms with E-state index in [1.807, 2.05) is 58.0 Å². The summed E-state index contributed by atoms with van der Waals surface area (Å²) in [6.07, 6.45) is 0.220. The number of amides is 2. The van der Waals surface area contributed by atoms with E-state index in [-0.39, 0.29) is 42.8 Å². The van der Waals surface area contributed by atoms with Crippen LogP contribution in [0.3, 0.4) is 0 Å². The van der Waals surface area contributed by atoms with Crippen molar-refractivity contribution in [3.05, 3.63) is 65.7 Å². The summed E-state index contributed by atoms with van der Waals surface area (Å²) in [7, 11) is -4.09. The van der Waals surface area contributed by atoms with Gasteiger partial charge < -0.3 is 25.2 Å². The maximum atomic E-state index is 14.0. The van der Waals surface area contributed by atoms with Crippen molar-refractivity contribution in [3.63, 3.8) is 0 Å². The van der Waals surface area contributed by atoms with Gasteiger partial charge in [0, 0.05) is 13.1 Å². The van der Waals surface area contributed by atoms with Gasteiger partial charge in [0.15, 0.2) is 0 Å². The van der Waals surface area contributed by atoms with Crippen LogP contribution in [0.15, 0.2) is 64.6 Å². The highest BCUT2D eigenvalue weighted by Crippen LogP contribution is 2.20. The Morgan fingerprint density at radius 2 is 1.65 bits per heavy atom. The first-order valence-corrected chi connectivity index (χ1v) is 17.5. The molecule has 14 heteroatoms. The van der Waals surface area contributed by atoms with E-state index in [4.69, 9.17) is 9.94 Å². The van der Waals surface area contributed by atoms with Gasteiger partial charge in [-0.15, -0.1) is 0 Å². The Labute approximate surface area is 284 Å². The lowest BCUT2D eigenvalue weighted by atomic mass is 9.96. The third-order valence-corrected chi connectivity index (χ3v) is 9.28. The van der Waals surface area contributed by atoms with Crippen molar-refractivity contribution >= 4 is 34.5 Å². The standard InChI is InChI=1S/C34H51N5O8S/c1-8-25(4)31(37-39(18-19-40)33(43)47-34(5,6)7)32(42)36-29(20-26-12-10-9-11-13-26)30(41)23-38(22-24(2)3)48(45,46)28-16-14-27(15-17-28)21-35-44/h9-17,19,21,24-25,29-31,37,41,44H,8,18,20,22-23H2,1-7H3,(H,36,42)/t25-,29-,30+,31-/m0/s1. The van der Waals surface area contributed by atoms with Gasteiger partial charge in [0.2, 0.25) is 15.9 Å². The maximum absolute atomic E-state index is 14.0. The first-order chi connectivity index (χ1) is 22.5. The van der Waals surface area contributed by atoms with E-state index in [2.05, 4.69) is 15.9 Å². The van der Waals surface area contributed by atoms with Crippen LogP contribution in [0, 0.1) is 11.8 Å². The molecule has 0 aliphatic carbocycles. The predicted octanol–water partition coefficient (Wildman–Crippen LogP) is 3.59. The number of oxime groups is 1. The molecule has 48 heavy (non-hydrogen) atoms. The zero-order valence-electron chi connectivity index (χ0n) is 28.9. The van der Waals surface area contributed by atoms with Crippen molar-refractivity contribution in [2.45, 2.75) is 90.0 Å². The molecule has 0 heterocycles. The number of nitrogens with one attached hydrogen (secondary N) is 2. The molecule has 0 unspecified atom stereocenters. The number of hydrogen-bond acceptors (Lipinski definition) is 10. The number of carbonyl (C=O) groups is 3. The fourth-order valence-corrected chi connectivity index (χ4v) is 6.42. The Morgan fingerprint density at radius 1 is 1.02 bits per heavy atom. The van der Waals surface area contributed by atoms with Crippen molar-refractivity contribution in [1.82, 2.24) is 20.1 Å². The molecular weight excluding hydrogens is 638 g/mol. The topological polar surface area (TPSA) is 178 Å². The summed E-state index contributed by atoms with van der Waals surface area (Å²) >= 11 is 0. The number of ether oxygens (including phenoxy) is 1. The highest BCUT2D eigenvalue weighted by atomic mass is 32.2. The van der Waals surface area contributed by atoms with Crippen LogP contribution in [0.4, 0.5) is 4.79 Å². The number of hydrogen-bond donors (Lipinski definition) is 4. The molecule has 2 amide bonds. The van der Waals surface area contributed by atoms with Crippen LogP contribution in [0.5, 0.6) is 0 Å². The third kappa shape index (κ3) is 12.6. The van der Waals surface area contributed by atoms with Gasteiger partial charge in [0.05, 0.1) is 29.8 Å². The molecule has 0 saturated heterocycles. The third-order valence-electron chi connectivity index (χ3n) is 7.44. The van der Waals surface area contributed by atoms with E-state index in [0.29, 0.717) is 18.3 Å². The highest BCUT2D eigenvalue weighted by molar-refractivity contribution is 7.89. The number of benzene rings is 2. The summed E-state index contributed by atoms with van der Waals surface area (Å²) < 4.78 is 34.2. The fourth-order valence-electron chi connectivity index (χ4n) is 4.80. The average Bonchev–Trinajstić information content (AvgIpc) is 3.01. The maximum Gasteiger partial charge on any atom is 0.425 e.